The second-order valence-corrected chi connectivity index (χ2v) is 2.89. The van der Waals surface area contributed by atoms with Crippen molar-refractivity contribution in [3.8, 4) is 0 Å². The van der Waals surface area contributed by atoms with Crippen molar-refractivity contribution in [1.82, 2.24) is 0 Å². The molecule has 0 aromatic heterocycles. The van der Waals surface area contributed by atoms with Crippen LogP contribution in [0.3, 0.4) is 0 Å². The summed E-state index contributed by atoms with van der Waals surface area (Å²) in [6.07, 6.45) is 4.43. The molecule has 5 nitrogen and oxygen atoms in total. The summed E-state index contributed by atoms with van der Waals surface area (Å²) >= 11 is 0. The molecule has 0 aliphatic carbocycles. The van der Waals surface area contributed by atoms with E-state index in [-0.39, 0.29) is 26.4 Å². The maximum atomic E-state index is 8.75. The molecule has 1 atom stereocenters. The van der Waals surface area contributed by atoms with Crippen molar-refractivity contribution in [1.29, 1.82) is 0 Å². The molecule has 0 heterocycles. The molecule has 0 rings (SSSR count). The van der Waals surface area contributed by atoms with E-state index in [2.05, 4.69) is 0 Å². The van der Waals surface area contributed by atoms with Gasteiger partial charge in [-0.15, -0.1) is 0 Å². The average Bonchev–Trinajstić information content (AvgIpc) is 2.27. The summed E-state index contributed by atoms with van der Waals surface area (Å²) in [5.74, 6) is 0. The van der Waals surface area contributed by atoms with Crippen molar-refractivity contribution in [3.05, 3.63) is 12.2 Å². The molecule has 0 aliphatic rings. The minimum Gasteiger partial charge on any atom is -0.396 e. The van der Waals surface area contributed by atoms with E-state index in [0.717, 1.165) is 6.42 Å². The second kappa shape index (κ2) is 16.0. The van der Waals surface area contributed by atoms with Crippen LogP contribution < -0.4 is 0 Å². The van der Waals surface area contributed by atoms with Gasteiger partial charge >= 0.3 is 0 Å². The molecule has 0 fully saturated rings. The molecule has 15 heavy (non-hydrogen) atoms. The molecule has 0 bridgehead atoms. The van der Waals surface area contributed by atoms with Crippen LogP contribution in [0, 0.1) is 0 Å². The van der Waals surface area contributed by atoms with Crippen molar-refractivity contribution in [2.75, 3.05) is 26.4 Å². The van der Waals surface area contributed by atoms with Crippen LogP contribution in [0.1, 0.15) is 19.3 Å². The van der Waals surface area contributed by atoms with E-state index in [4.69, 9.17) is 25.5 Å². The molecule has 0 aliphatic heterocycles. The van der Waals surface area contributed by atoms with E-state index < -0.39 is 6.10 Å². The van der Waals surface area contributed by atoms with Crippen LogP contribution in [0.5, 0.6) is 0 Å². The third kappa shape index (κ3) is 19.8. The molecule has 5 heteroatoms. The average molecular weight is 222 g/mol. The zero-order valence-electron chi connectivity index (χ0n) is 8.92. The Balaban J connectivity index is 0. The Hall–Kier alpha value is -0.460. The van der Waals surface area contributed by atoms with Gasteiger partial charge in [0.15, 0.2) is 0 Å². The van der Waals surface area contributed by atoms with Crippen molar-refractivity contribution in [2.24, 2.45) is 0 Å². The highest BCUT2D eigenvalue weighted by molar-refractivity contribution is 4.78. The lowest BCUT2D eigenvalue weighted by Gasteiger charge is -2.03. The van der Waals surface area contributed by atoms with Gasteiger partial charge in [-0.2, -0.15) is 0 Å². The highest BCUT2D eigenvalue weighted by Gasteiger charge is 1.99. The van der Waals surface area contributed by atoms with E-state index in [9.17, 15) is 0 Å². The predicted octanol–water partition coefficient (Wildman–Crippen LogP) is -0.971. The molecule has 0 spiro atoms. The molecule has 1 unspecified atom stereocenters. The Morgan fingerprint density at radius 2 is 1.40 bits per heavy atom. The molecule has 0 aromatic carbocycles. The van der Waals surface area contributed by atoms with Gasteiger partial charge in [-0.25, -0.2) is 0 Å². The molecule has 0 radical (unpaired) electrons. The van der Waals surface area contributed by atoms with Crippen LogP contribution in [0.2, 0.25) is 0 Å². The predicted molar refractivity (Wildman–Crippen MR) is 57.3 cm³/mol. The third-order valence-electron chi connectivity index (χ3n) is 1.53. The van der Waals surface area contributed by atoms with Crippen molar-refractivity contribution in [2.45, 2.75) is 25.4 Å². The zero-order chi connectivity index (χ0) is 11.9. The van der Waals surface area contributed by atoms with Gasteiger partial charge in [0, 0.05) is 6.61 Å². The van der Waals surface area contributed by atoms with Crippen LogP contribution in [0.15, 0.2) is 12.2 Å². The Bertz CT molecular complexity index is 121. The standard InChI is InChI=1S/C6H14O3.C4H8O2/c7-4-2-1-3-6(9)5-8;5-3-1-2-4-6/h6-9H,1-5H2;1-2,5-6H,3-4H2. The van der Waals surface area contributed by atoms with E-state index in [1.165, 1.54) is 12.2 Å². The maximum absolute atomic E-state index is 8.75. The van der Waals surface area contributed by atoms with E-state index >= 15 is 0 Å². The Labute approximate surface area is 90.3 Å². The number of hydrogen-bond acceptors (Lipinski definition) is 5. The quantitative estimate of drug-likeness (QED) is 0.282. The third-order valence-corrected chi connectivity index (χ3v) is 1.53. The van der Waals surface area contributed by atoms with Crippen LogP contribution >= 0.6 is 0 Å². The molecule has 0 aromatic rings. The number of aliphatic hydroxyl groups excluding tert-OH is 5. The molecule has 0 saturated carbocycles. The van der Waals surface area contributed by atoms with Crippen LogP contribution in [-0.2, 0) is 0 Å². The molecule has 5 N–H and O–H groups in total. The van der Waals surface area contributed by atoms with Crippen molar-refractivity contribution >= 4 is 0 Å². The first-order valence-corrected chi connectivity index (χ1v) is 4.99. The highest BCUT2D eigenvalue weighted by atomic mass is 16.3. The lowest BCUT2D eigenvalue weighted by Crippen LogP contribution is -2.11. The number of unbranched alkanes of at least 4 members (excludes halogenated alkanes) is 1. The first-order chi connectivity index (χ1) is 7.22. The maximum Gasteiger partial charge on any atom is 0.0771 e. The summed E-state index contributed by atoms with van der Waals surface area (Å²) in [4.78, 5) is 0. The van der Waals surface area contributed by atoms with E-state index in [1.54, 1.807) is 0 Å². The minimum absolute atomic E-state index is 0.0144. The fraction of sp³-hybridized carbons (Fsp3) is 0.800. The molecular formula is C10H22O5. The SMILES string of the molecule is OCC=CCO.OCCCCC(O)CO. The first-order valence-electron chi connectivity index (χ1n) is 4.99. The number of hydrogen-bond donors (Lipinski definition) is 5. The van der Waals surface area contributed by atoms with Gasteiger partial charge in [0.1, 0.15) is 0 Å². The lowest BCUT2D eigenvalue weighted by atomic mass is 10.2. The Kier molecular flexibility index (Phi) is 18.1. The lowest BCUT2D eigenvalue weighted by molar-refractivity contribution is 0.0848. The van der Waals surface area contributed by atoms with Gasteiger partial charge in [0.05, 0.1) is 25.9 Å². The van der Waals surface area contributed by atoms with Crippen LogP contribution in [-0.4, -0.2) is 58.1 Å². The smallest absolute Gasteiger partial charge is 0.0771 e. The summed E-state index contributed by atoms with van der Waals surface area (Å²) in [5, 5.41) is 41.4. The Morgan fingerprint density at radius 1 is 0.867 bits per heavy atom. The normalized spacial score (nSPS) is 12.3. The molecule has 0 saturated heterocycles. The first kappa shape index (κ1) is 17.0. The molecular weight excluding hydrogens is 200 g/mol. The van der Waals surface area contributed by atoms with Gasteiger partial charge in [0.25, 0.3) is 0 Å². The largest absolute Gasteiger partial charge is 0.396 e. The zero-order valence-corrected chi connectivity index (χ0v) is 8.92. The van der Waals surface area contributed by atoms with Gasteiger partial charge in [-0.3, -0.25) is 0 Å². The second-order valence-electron chi connectivity index (χ2n) is 2.89. The van der Waals surface area contributed by atoms with Crippen LogP contribution in [0.4, 0.5) is 0 Å². The number of aliphatic hydroxyl groups is 5. The van der Waals surface area contributed by atoms with Gasteiger partial charge < -0.3 is 25.5 Å². The summed E-state index contributed by atoms with van der Waals surface area (Å²) in [6, 6.07) is 0. The highest BCUT2D eigenvalue weighted by Crippen LogP contribution is 1.98. The Morgan fingerprint density at radius 3 is 1.73 bits per heavy atom. The summed E-state index contributed by atoms with van der Waals surface area (Å²) in [6.45, 7) is 0.0185. The fourth-order valence-electron chi connectivity index (χ4n) is 0.732. The fourth-order valence-corrected chi connectivity index (χ4v) is 0.732. The monoisotopic (exact) mass is 222 g/mol. The van der Waals surface area contributed by atoms with Crippen molar-refractivity contribution in [3.63, 3.8) is 0 Å². The summed E-state index contributed by atoms with van der Waals surface area (Å²) in [5.41, 5.74) is 0. The van der Waals surface area contributed by atoms with Crippen LogP contribution in [0.25, 0.3) is 0 Å². The van der Waals surface area contributed by atoms with E-state index in [0.29, 0.717) is 12.8 Å². The topological polar surface area (TPSA) is 101 Å². The van der Waals surface area contributed by atoms with Gasteiger partial charge in [0.2, 0.25) is 0 Å². The van der Waals surface area contributed by atoms with Crippen molar-refractivity contribution < 1.29 is 25.5 Å². The summed E-state index contributed by atoms with van der Waals surface area (Å²) in [7, 11) is 0. The molecule has 92 valence electrons. The summed E-state index contributed by atoms with van der Waals surface area (Å²) < 4.78 is 0. The van der Waals surface area contributed by atoms with E-state index in [1.807, 2.05) is 0 Å². The van der Waals surface area contributed by atoms with Gasteiger partial charge in [-0.05, 0) is 19.3 Å². The van der Waals surface area contributed by atoms with Gasteiger partial charge in [-0.1, -0.05) is 12.2 Å². The minimum atomic E-state index is -0.600. The molecule has 0 amide bonds. The number of rotatable bonds is 7.